The molecule has 0 aromatic heterocycles. The zero-order chi connectivity index (χ0) is 14.3. The van der Waals surface area contributed by atoms with Gasteiger partial charge in [-0.2, -0.15) is 0 Å². The van der Waals surface area contributed by atoms with Gasteiger partial charge in [0.2, 0.25) is 11.8 Å². The van der Waals surface area contributed by atoms with Crippen LogP contribution >= 0.6 is 0 Å². The molecule has 104 valence electrons. The number of ether oxygens (including phenoxy) is 1. The highest BCUT2D eigenvalue weighted by molar-refractivity contribution is 6.03. The third kappa shape index (κ3) is 4.70. The molecule has 0 bridgehead atoms. The molecule has 0 heterocycles. The van der Waals surface area contributed by atoms with Crippen LogP contribution < -0.4 is 11.1 Å². The Kier molecular flexibility index (Phi) is 6.96. The van der Waals surface area contributed by atoms with E-state index in [1.165, 1.54) is 11.8 Å². The van der Waals surface area contributed by atoms with Crippen molar-refractivity contribution in [3.63, 3.8) is 0 Å². The first kappa shape index (κ1) is 16.4. The molecule has 2 unspecified atom stereocenters. The molecule has 18 heavy (non-hydrogen) atoms. The van der Waals surface area contributed by atoms with Crippen LogP contribution in [-0.4, -0.2) is 55.0 Å². The smallest absolute Gasteiger partial charge is 0.332 e. The van der Waals surface area contributed by atoms with Gasteiger partial charge in [0.1, 0.15) is 6.04 Å². The lowest BCUT2D eigenvalue weighted by Crippen LogP contribution is -2.53. The molecule has 0 spiro atoms. The minimum absolute atomic E-state index is 0.146. The van der Waals surface area contributed by atoms with Crippen LogP contribution in [0.5, 0.6) is 0 Å². The molecule has 0 fully saturated rings. The lowest BCUT2D eigenvalue weighted by molar-refractivity contribution is -0.149. The largest absolute Gasteiger partial charge is 0.464 e. The summed E-state index contributed by atoms with van der Waals surface area (Å²) >= 11 is 0. The van der Waals surface area contributed by atoms with Crippen molar-refractivity contribution in [3.05, 3.63) is 0 Å². The van der Waals surface area contributed by atoms with Crippen molar-refractivity contribution in [1.82, 2.24) is 10.2 Å². The van der Waals surface area contributed by atoms with Crippen molar-refractivity contribution in [2.24, 2.45) is 5.73 Å². The molecular formula is C11H21N3O4. The normalized spacial score (nSPS) is 13.4. The Bertz CT molecular complexity index is 319. The van der Waals surface area contributed by atoms with Gasteiger partial charge in [-0.25, -0.2) is 4.79 Å². The van der Waals surface area contributed by atoms with E-state index in [0.29, 0.717) is 6.54 Å². The number of hydrogen-bond acceptors (Lipinski definition) is 5. The van der Waals surface area contributed by atoms with Gasteiger partial charge < -0.3 is 20.7 Å². The predicted octanol–water partition coefficient (Wildman–Crippen LogP) is -1.14. The molecule has 7 nitrogen and oxygen atoms in total. The van der Waals surface area contributed by atoms with Gasteiger partial charge in [-0.05, 0) is 20.8 Å². The lowest BCUT2D eigenvalue weighted by atomic mass is 10.2. The monoisotopic (exact) mass is 259 g/mol. The minimum atomic E-state index is -1.41. The van der Waals surface area contributed by atoms with E-state index in [9.17, 15) is 14.4 Å². The summed E-state index contributed by atoms with van der Waals surface area (Å²) in [7, 11) is 1.62. The highest BCUT2D eigenvalue weighted by Gasteiger charge is 2.27. The Morgan fingerprint density at radius 3 is 2.33 bits per heavy atom. The summed E-state index contributed by atoms with van der Waals surface area (Å²) in [5, 5.41) is 2.38. The second-order valence-electron chi connectivity index (χ2n) is 3.81. The van der Waals surface area contributed by atoms with Crippen molar-refractivity contribution < 1.29 is 19.1 Å². The van der Waals surface area contributed by atoms with E-state index in [-0.39, 0.29) is 12.5 Å². The van der Waals surface area contributed by atoms with Crippen LogP contribution in [0.15, 0.2) is 0 Å². The van der Waals surface area contributed by atoms with Crippen molar-refractivity contribution in [2.75, 3.05) is 20.2 Å². The molecule has 3 N–H and O–H groups in total. The Balaban J connectivity index is 4.39. The number of esters is 1. The first-order valence-electron chi connectivity index (χ1n) is 5.82. The Morgan fingerprint density at radius 2 is 1.89 bits per heavy atom. The third-order valence-corrected chi connectivity index (χ3v) is 2.40. The summed E-state index contributed by atoms with van der Waals surface area (Å²) in [5.74, 6) is -1.78. The van der Waals surface area contributed by atoms with Crippen molar-refractivity contribution in [2.45, 2.75) is 32.9 Å². The number of nitrogens with zero attached hydrogens (tertiary/aromatic N) is 1. The van der Waals surface area contributed by atoms with Crippen molar-refractivity contribution >= 4 is 17.8 Å². The predicted molar refractivity (Wildman–Crippen MR) is 65.5 cm³/mol. The second kappa shape index (κ2) is 7.65. The molecule has 0 saturated carbocycles. The summed E-state index contributed by atoms with van der Waals surface area (Å²) in [6.45, 7) is 5.64. The Labute approximate surface area is 107 Å². The summed E-state index contributed by atoms with van der Waals surface area (Å²) in [4.78, 5) is 35.9. The summed E-state index contributed by atoms with van der Waals surface area (Å²) in [6.07, 6.45) is 0. The fourth-order valence-corrected chi connectivity index (χ4v) is 1.19. The molecule has 2 atom stereocenters. The van der Waals surface area contributed by atoms with E-state index in [4.69, 9.17) is 5.73 Å². The zero-order valence-corrected chi connectivity index (χ0v) is 11.2. The van der Waals surface area contributed by atoms with Gasteiger partial charge in [-0.3, -0.25) is 9.59 Å². The third-order valence-electron chi connectivity index (χ3n) is 2.40. The number of rotatable bonds is 6. The van der Waals surface area contributed by atoms with E-state index in [2.05, 4.69) is 10.1 Å². The van der Waals surface area contributed by atoms with Crippen LogP contribution in [0.3, 0.4) is 0 Å². The van der Waals surface area contributed by atoms with Crippen LogP contribution in [0.1, 0.15) is 20.8 Å². The van der Waals surface area contributed by atoms with E-state index >= 15 is 0 Å². The number of nitrogens with one attached hydrogen (secondary N) is 1. The number of nitrogens with two attached hydrogens (primary N) is 1. The van der Waals surface area contributed by atoms with Crippen molar-refractivity contribution in [3.8, 4) is 0 Å². The molecule has 2 amide bonds. The van der Waals surface area contributed by atoms with Crippen LogP contribution in [0.2, 0.25) is 0 Å². The van der Waals surface area contributed by atoms with Gasteiger partial charge in [0.05, 0.1) is 6.61 Å². The van der Waals surface area contributed by atoms with Gasteiger partial charge in [-0.1, -0.05) is 0 Å². The number of hydrogen-bond donors (Lipinski definition) is 2. The number of likely N-dealkylation sites (N-methyl/N-ethyl adjacent to an activating group) is 1. The highest BCUT2D eigenvalue weighted by Crippen LogP contribution is 1.94. The fourth-order valence-electron chi connectivity index (χ4n) is 1.19. The SMILES string of the molecule is CCOC(=O)C(N)C(=O)NC(C)C(=O)N(C)CC. The number of carbonyl (C=O) groups excluding carboxylic acids is 3. The molecule has 0 aliphatic rings. The van der Waals surface area contributed by atoms with E-state index in [1.807, 2.05) is 6.92 Å². The quantitative estimate of drug-likeness (QED) is 0.464. The van der Waals surface area contributed by atoms with Crippen LogP contribution in [-0.2, 0) is 19.1 Å². The number of carbonyl (C=O) groups is 3. The minimum Gasteiger partial charge on any atom is -0.464 e. The topological polar surface area (TPSA) is 102 Å². The van der Waals surface area contributed by atoms with E-state index in [0.717, 1.165) is 0 Å². The van der Waals surface area contributed by atoms with Gasteiger partial charge in [0, 0.05) is 13.6 Å². The molecule has 0 aromatic carbocycles. The van der Waals surface area contributed by atoms with Gasteiger partial charge in [-0.15, -0.1) is 0 Å². The average Bonchev–Trinajstić information content (AvgIpc) is 2.35. The fraction of sp³-hybridized carbons (Fsp3) is 0.727. The van der Waals surface area contributed by atoms with Crippen LogP contribution in [0, 0.1) is 0 Å². The molecule has 0 aromatic rings. The standard InChI is InChI=1S/C11H21N3O4/c1-5-14(4)10(16)7(3)13-9(15)8(12)11(17)18-6-2/h7-8H,5-6,12H2,1-4H3,(H,13,15). The summed E-state index contributed by atoms with van der Waals surface area (Å²) in [6, 6.07) is -2.14. The first-order chi connectivity index (χ1) is 8.34. The lowest BCUT2D eigenvalue weighted by Gasteiger charge is -2.21. The van der Waals surface area contributed by atoms with Crippen LogP contribution in [0.4, 0.5) is 0 Å². The molecule has 0 saturated heterocycles. The summed E-state index contributed by atoms with van der Waals surface area (Å²) < 4.78 is 4.62. The molecule has 0 radical (unpaired) electrons. The van der Waals surface area contributed by atoms with Crippen LogP contribution in [0.25, 0.3) is 0 Å². The molecule has 0 rings (SSSR count). The Morgan fingerprint density at radius 1 is 1.33 bits per heavy atom. The van der Waals surface area contributed by atoms with Gasteiger partial charge in [0.25, 0.3) is 0 Å². The van der Waals surface area contributed by atoms with Crippen molar-refractivity contribution in [1.29, 1.82) is 0 Å². The van der Waals surface area contributed by atoms with Gasteiger partial charge >= 0.3 is 5.97 Å². The molecule has 7 heteroatoms. The maximum atomic E-state index is 11.7. The van der Waals surface area contributed by atoms with Gasteiger partial charge in [0.15, 0.2) is 6.04 Å². The zero-order valence-electron chi connectivity index (χ0n) is 11.2. The number of amides is 2. The maximum Gasteiger partial charge on any atom is 0.332 e. The average molecular weight is 259 g/mol. The highest BCUT2D eigenvalue weighted by atomic mass is 16.5. The second-order valence-corrected chi connectivity index (χ2v) is 3.81. The Hall–Kier alpha value is -1.63. The first-order valence-corrected chi connectivity index (χ1v) is 5.82. The maximum absolute atomic E-state index is 11.7. The summed E-state index contributed by atoms with van der Waals surface area (Å²) in [5.41, 5.74) is 5.39. The molecule has 0 aliphatic carbocycles. The molecular weight excluding hydrogens is 238 g/mol. The van der Waals surface area contributed by atoms with E-state index < -0.39 is 24.0 Å². The van der Waals surface area contributed by atoms with E-state index in [1.54, 1.807) is 14.0 Å². The molecule has 0 aliphatic heterocycles.